The molecular weight excluding hydrogens is 757 g/mol. The van der Waals surface area contributed by atoms with Crippen LogP contribution in [0.3, 0.4) is 0 Å². The van der Waals surface area contributed by atoms with E-state index in [1.165, 1.54) is 87.4 Å². The summed E-state index contributed by atoms with van der Waals surface area (Å²) in [5, 5.41) is 9.93. The molecule has 62 heavy (non-hydrogen) atoms. The molecule has 5 aromatic heterocycles. The first kappa shape index (κ1) is 33.8. The summed E-state index contributed by atoms with van der Waals surface area (Å²) in [7, 11) is 0. The maximum Gasteiger partial charge on any atom is 0.137 e. The minimum atomic E-state index is -0.0751. The third-order valence-corrected chi connectivity index (χ3v) is 13.6. The molecule has 6 heteroatoms. The van der Waals surface area contributed by atoms with E-state index in [4.69, 9.17) is 9.98 Å². The summed E-state index contributed by atoms with van der Waals surface area (Å²) in [6.07, 6.45) is 11.5. The average molecular weight is 795 g/mol. The lowest BCUT2D eigenvalue weighted by molar-refractivity contribution is 0.653. The van der Waals surface area contributed by atoms with Gasteiger partial charge in [0.1, 0.15) is 11.7 Å². The first-order valence-electron chi connectivity index (χ1n) is 21.7. The normalized spacial score (nSPS) is 15.5. The molecule has 6 nitrogen and oxygen atoms in total. The fraction of sp³-hybridized carbons (Fsp3) is 0.0714. The van der Waals surface area contributed by atoms with E-state index >= 15 is 0 Å². The second kappa shape index (κ2) is 12.8. The van der Waals surface area contributed by atoms with Crippen molar-refractivity contribution >= 4 is 105 Å². The van der Waals surface area contributed by atoms with E-state index in [0.717, 1.165) is 41.2 Å². The van der Waals surface area contributed by atoms with Gasteiger partial charge in [0.05, 0.1) is 56.0 Å². The lowest BCUT2D eigenvalue weighted by Gasteiger charge is -2.26. The monoisotopic (exact) mass is 794 g/mol. The van der Waals surface area contributed by atoms with Gasteiger partial charge in [0.25, 0.3) is 0 Å². The van der Waals surface area contributed by atoms with Crippen molar-refractivity contribution < 1.29 is 0 Å². The molecule has 6 heterocycles. The Kier molecular flexibility index (Phi) is 6.97. The van der Waals surface area contributed by atoms with Crippen LogP contribution >= 0.6 is 0 Å². The van der Waals surface area contributed by atoms with Crippen molar-refractivity contribution in [3.63, 3.8) is 0 Å². The maximum atomic E-state index is 5.74. The van der Waals surface area contributed by atoms with E-state index in [0.29, 0.717) is 6.42 Å². The molecule has 1 atom stereocenters. The Balaban J connectivity index is 1.09. The molecule has 0 saturated heterocycles. The lowest BCUT2D eigenvalue weighted by Crippen LogP contribution is -2.23. The highest BCUT2D eigenvalue weighted by molar-refractivity contribution is 6.26. The average Bonchev–Trinajstić information content (AvgIpc) is 4.06. The van der Waals surface area contributed by atoms with Crippen LogP contribution < -0.4 is 0 Å². The fourth-order valence-corrected chi connectivity index (χ4v) is 11.1. The van der Waals surface area contributed by atoms with E-state index < -0.39 is 0 Å². The standard InChI is InChI=1S/C56H38N6/c1-8-22-44-42(20-1)51(31-32-57-44)62-49-27-13-6-19-40(49)41-29-30-52-55(56(41)62)43-21-7-14-28-50(43)59(52)35-33-53(60-45-23-9-2-15-36(45)37-16-3-10-24-46(37)60)58-54(34-35)61-47-25-11-4-17-38(47)39-18-5-12-26-48(39)61/h2-19,21-33,35H,1,20,34H2. The number of fused-ring (bicyclic) bond motifs is 14. The number of aromatic nitrogens is 5. The molecule has 0 bridgehead atoms. The lowest BCUT2D eigenvalue weighted by atomic mass is 10.00. The fourth-order valence-electron chi connectivity index (χ4n) is 11.1. The van der Waals surface area contributed by atoms with Crippen molar-refractivity contribution in [3.05, 3.63) is 193 Å². The van der Waals surface area contributed by atoms with E-state index in [2.05, 4.69) is 200 Å². The first-order valence-corrected chi connectivity index (χ1v) is 21.7. The van der Waals surface area contributed by atoms with E-state index in [9.17, 15) is 0 Å². The SMILES string of the molecule is C1=Cc2nccc(-n3c4ccccc4c4ccc5c(c6ccccc6n5C5C=C(n6c7ccccc7c7ccccc76)N=C(n6c7ccccc7c7ccccc76)C5)c43)c2CC1. The van der Waals surface area contributed by atoms with Gasteiger partial charge in [-0.25, -0.2) is 4.99 Å². The van der Waals surface area contributed by atoms with Gasteiger partial charge in [-0.15, -0.1) is 0 Å². The van der Waals surface area contributed by atoms with Crippen molar-refractivity contribution in [2.24, 2.45) is 4.99 Å². The smallest absolute Gasteiger partial charge is 0.137 e. The van der Waals surface area contributed by atoms with Gasteiger partial charge in [-0.1, -0.05) is 121 Å². The van der Waals surface area contributed by atoms with Crippen LogP contribution in [0.2, 0.25) is 0 Å². The molecule has 292 valence electrons. The zero-order chi connectivity index (χ0) is 40.5. The number of rotatable bonds is 3. The van der Waals surface area contributed by atoms with E-state index in [1.807, 2.05) is 6.20 Å². The highest BCUT2D eigenvalue weighted by Crippen LogP contribution is 2.45. The van der Waals surface area contributed by atoms with Crippen molar-refractivity contribution in [2.45, 2.75) is 25.3 Å². The van der Waals surface area contributed by atoms with Crippen LogP contribution in [0.25, 0.3) is 105 Å². The van der Waals surface area contributed by atoms with Crippen molar-refractivity contribution in [2.75, 3.05) is 0 Å². The maximum absolute atomic E-state index is 5.74. The van der Waals surface area contributed by atoms with Crippen LogP contribution in [0.5, 0.6) is 0 Å². The first-order chi connectivity index (χ1) is 30.8. The summed E-state index contributed by atoms with van der Waals surface area (Å²) >= 11 is 0. The quantitative estimate of drug-likeness (QED) is 0.176. The van der Waals surface area contributed by atoms with Gasteiger partial charge in [-0.05, 0) is 73.5 Å². The molecule has 0 fully saturated rings. The highest BCUT2D eigenvalue weighted by Gasteiger charge is 2.29. The van der Waals surface area contributed by atoms with Gasteiger partial charge in [-0.3, -0.25) is 14.1 Å². The predicted molar refractivity (Wildman–Crippen MR) is 259 cm³/mol. The molecular formula is C56H38N6. The molecule has 2 aliphatic rings. The highest BCUT2D eigenvalue weighted by atomic mass is 15.2. The zero-order valence-corrected chi connectivity index (χ0v) is 33.8. The van der Waals surface area contributed by atoms with Crippen molar-refractivity contribution in [1.82, 2.24) is 23.3 Å². The van der Waals surface area contributed by atoms with Crippen LogP contribution in [0.4, 0.5) is 0 Å². The van der Waals surface area contributed by atoms with Gasteiger partial charge in [-0.2, -0.15) is 0 Å². The Hall–Kier alpha value is -7.96. The van der Waals surface area contributed by atoms with Gasteiger partial charge in [0.2, 0.25) is 0 Å². The third-order valence-electron chi connectivity index (χ3n) is 13.6. The predicted octanol–water partition coefficient (Wildman–Crippen LogP) is 13.9. The molecule has 12 aromatic rings. The molecule has 7 aromatic carbocycles. The molecule has 0 N–H and O–H groups in total. The zero-order valence-electron chi connectivity index (χ0n) is 33.8. The number of hydrogen-bond donors (Lipinski definition) is 0. The number of aliphatic imine (C=N–C) groups is 1. The number of allylic oxidation sites excluding steroid dienone is 2. The molecule has 1 aliphatic carbocycles. The topological polar surface area (TPSA) is 45.0 Å². The Morgan fingerprint density at radius 3 is 1.63 bits per heavy atom. The Labute approximate surface area is 356 Å². The minimum absolute atomic E-state index is 0.0751. The number of pyridine rings is 1. The van der Waals surface area contributed by atoms with Crippen molar-refractivity contribution in [1.29, 1.82) is 0 Å². The van der Waals surface area contributed by atoms with E-state index in [1.54, 1.807) is 0 Å². The van der Waals surface area contributed by atoms with Crippen LogP contribution in [-0.4, -0.2) is 29.1 Å². The van der Waals surface area contributed by atoms with Crippen molar-refractivity contribution in [3.8, 4) is 5.69 Å². The molecule has 1 aliphatic heterocycles. The van der Waals surface area contributed by atoms with Crippen LogP contribution in [0, 0.1) is 0 Å². The van der Waals surface area contributed by atoms with Crippen LogP contribution in [-0.2, 0) is 6.42 Å². The Bertz CT molecular complexity index is 3870. The summed E-state index contributed by atoms with van der Waals surface area (Å²) in [5.41, 5.74) is 13.1. The van der Waals surface area contributed by atoms with Crippen LogP contribution in [0.1, 0.15) is 30.1 Å². The Morgan fingerprint density at radius 1 is 0.468 bits per heavy atom. The minimum Gasteiger partial charge on any atom is -0.333 e. The number of hydrogen-bond acceptors (Lipinski definition) is 2. The van der Waals surface area contributed by atoms with Gasteiger partial charge in [0.15, 0.2) is 0 Å². The van der Waals surface area contributed by atoms with Crippen LogP contribution in [0.15, 0.2) is 187 Å². The summed E-state index contributed by atoms with van der Waals surface area (Å²) in [6, 6.07) is 59.9. The number of nitrogens with zero attached hydrogens (tertiary/aromatic N) is 6. The largest absolute Gasteiger partial charge is 0.333 e. The van der Waals surface area contributed by atoms with Gasteiger partial charge >= 0.3 is 0 Å². The van der Waals surface area contributed by atoms with Gasteiger partial charge < -0.3 is 9.13 Å². The van der Waals surface area contributed by atoms with E-state index in [-0.39, 0.29) is 6.04 Å². The third kappa shape index (κ3) is 4.58. The molecule has 0 saturated carbocycles. The second-order valence-corrected chi connectivity index (χ2v) is 16.8. The summed E-state index contributed by atoms with van der Waals surface area (Å²) < 4.78 is 9.95. The molecule has 0 spiro atoms. The Morgan fingerprint density at radius 2 is 1.00 bits per heavy atom. The number of benzene rings is 7. The molecule has 0 amide bonds. The summed E-state index contributed by atoms with van der Waals surface area (Å²) in [4.78, 5) is 10.6. The van der Waals surface area contributed by atoms with Gasteiger partial charge in [0, 0.05) is 66.8 Å². The molecule has 1 unspecified atom stereocenters. The number of para-hydroxylation sites is 6. The molecule has 0 radical (unpaired) electrons. The molecule has 14 rings (SSSR count). The summed E-state index contributed by atoms with van der Waals surface area (Å²) in [6.45, 7) is 0. The summed E-state index contributed by atoms with van der Waals surface area (Å²) in [5.74, 6) is 1.94. The second-order valence-electron chi connectivity index (χ2n) is 16.8.